The van der Waals surface area contributed by atoms with Crippen LogP contribution in [0.2, 0.25) is 0 Å². The Morgan fingerprint density at radius 3 is 1.83 bits per heavy atom. The largest absolute Gasteiger partial charge is 0.320 e. The molecule has 0 aliphatic carbocycles. The molecule has 0 aliphatic rings. The highest BCUT2D eigenvalue weighted by atomic mass is 32.2. The predicted octanol–water partition coefficient (Wildman–Crippen LogP) is 4.08. The molecule has 3 aromatic rings. The zero-order valence-corrected chi connectivity index (χ0v) is 16.0. The molecule has 0 spiro atoms. The molecule has 0 bridgehead atoms. The highest BCUT2D eigenvalue weighted by Gasteiger charge is 2.28. The molecular formula is C20H14F4N2O3S. The van der Waals surface area contributed by atoms with Gasteiger partial charge >= 0.3 is 0 Å². The Bertz CT molecular complexity index is 1150. The summed E-state index contributed by atoms with van der Waals surface area (Å²) in [7, 11) is -4.40. The number of nitrogens with one attached hydrogen (secondary N) is 1. The minimum atomic E-state index is -4.40. The third-order valence-electron chi connectivity index (χ3n) is 4.03. The Kier molecular flexibility index (Phi) is 6.06. The van der Waals surface area contributed by atoms with Crippen molar-refractivity contribution in [2.75, 3.05) is 16.2 Å². The van der Waals surface area contributed by atoms with Crippen LogP contribution in [0, 0.1) is 23.3 Å². The summed E-state index contributed by atoms with van der Waals surface area (Å²) in [4.78, 5) is 12.1. The van der Waals surface area contributed by atoms with Crippen molar-refractivity contribution < 1.29 is 30.8 Å². The predicted molar refractivity (Wildman–Crippen MR) is 102 cm³/mol. The van der Waals surface area contributed by atoms with E-state index in [-0.39, 0.29) is 10.6 Å². The third kappa shape index (κ3) is 4.60. The average Bonchev–Trinajstić information content (AvgIpc) is 2.70. The standard InChI is InChI=1S/C20H14F4N2O3S/c21-13-4-8-15(9-5-13)26(30(28,29)16-10-6-14(22)7-11-16)12-19(27)25-20-17(23)2-1-3-18(20)24/h1-11H,12H2,(H,25,27). The summed E-state index contributed by atoms with van der Waals surface area (Å²) in [5.41, 5.74) is -0.814. The van der Waals surface area contributed by atoms with Crippen LogP contribution >= 0.6 is 0 Å². The molecular weight excluding hydrogens is 424 g/mol. The van der Waals surface area contributed by atoms with E-state index in [0.717, 1.165) is 66.7 Å². The highest BCUT2D eigenvalue weighted by molar-refractivity contribution is 7.92. The summed E-state index contributed by atoms with van der Waals surface area (Å²) >= 11 is 0. The van der Waals surface area contributed by atoms with Gasteiger partial charge in [-0.2, -0.15) is 0 Å². The number of carbonyl (C=O) groups excluding carboxylic acids is 1. The van der Waals surface area contributed by atoms with Crippen molar-refractivity contribution in [2.24, 2.45) is 0 Å². The van der Waals surface area contributed by atoms with Gasteiger partial charge < -0.3 is 5.32 Å². The third-order valence-corrected chi connectivity index (χ3v) is 5.82. The lowest BCUT2D eigenvalue weighted by atomic mass is 10.3. The van der Waals surface area contributed by atoms with Gasteiger partial charge in [-0.15, -0.1) is 0 Å². The maximum atomic E-state index is 13.8. The van der Waals surface area contributed by atoms with Crippen molar-refractivity contribution in [1.29, 1.82) is 0 Å². The quantitative estimate of drug-likeness (QED) is 0.590. The zero-order chi connectivity index (χ0) is 21.9. The van der Waals surface area contributed by atoms with Gasteiger partial charge in [0.2, 0.25) is 5.91 Å². The first-order valence-corrected chi connectivity index (χ1v) is 9.90. The molecule has 10 heteroatoms. The van der Waals surface area contributed by atoms with Gasteiger partial charge in [0.05, 0.1) is 10.6 Å². The number of para-hydroxylation sites is 1. The lowest BCUT2D eigenvalue weighted by Gasteiger charge is -2.24. The van der Waals surface area contributed by atoms with E-state index < -0.39 is 51.4 Å². The van der Waals surface area contributed by atoms with E-state index in [1.165, 1.54) is 0 Å². The minimum absolute atomic E-state index is 0.0788. The molecule has 0 atom stereocenters. The van der Waals surface area contributed by atoms with Gasteiger partial charge in [0.1, 0.15) is 35.5 Å². The number of rotatable bonds is 6. The van der Waals surface area contributed by atoms with Crippen molar-refractivity contribution in [3.63, 3.8) is 0 Å². The van der Waals surface area contributed by atoms with E-state index in [1.54, 1.807) is 0 Å². The average molecular weight is 438 g/mol. The summed E-state index contributed by atoms with van der Waals surface area (Å²) in [6, 6.07) is 11.0. The Morgan fingerprint density at radius 2 is 1.30 bits per heavy atom. The molecule has 1 N–H and O–H groups in total. The van der Waals surface area contributed by atoms with Crippen molar-refractivity contribution in [2.45, 2.75) is 4.90 Å². The van der Waals surface area contributed by atoms with Gasteiger partial charge in [-0.3, -0.25) is 9.10 Å². The fourth-order valence-corrected chi connectivity index (χ4v) is 4.00. The van der Waals surface area contributed by atoms with E-state index >= 15 is 0 Å². The Labute approximate surface area is 169 Å². The molecule has 0 heterocycles. The van der Waals surface area contributed by atoms with Gasteiger partial charge in [0.25, 0.3) is 10.0 Å². The number of amides is 1. The Hall–Kier alpha value is -3.40. The Balaban J connectivity index is 1.96. The summed E-state index contributed by atoms with van der Waals surface area (Å²) in [6.07, 6.45) is 0. The second-order valence-corrected chi connectivity index (χ2v) is 7.95. The lowest BCUT2D eigenvalue weighted by Crippen LogP contribution is -2.38. The van der Waals surface area contributed by atoms with Crippen molar-refractivity contribution >= 4 is 27.3 Å². The number of carbonyl (C=O) groups is 1. The SMILES string of the molecule is O=C(CN(c1ccc(F)cc1)S(=O)(=O)c1ccc(F)cc1)Nc1c(F)cccc1F. The molecule has 5 nitrogen and oxygen atoms in total. The normalized spacial score (nSPS) is 11.2. The van der Waals surface area contributed by atoms with Crippen LogP contribution in [0.25, 0.3) is 0 Å². The molecule has 30 heavy (non-hydrogen) atoms. The number of nitrogens with zero attached hydrogens (tertiary/aromatic N) is 1. The van der Waals surface area contributed by atoms with Crippen molar-refractivity contribution in [3.8, 4) is 0 Å². The maximum Gasteiger partial charge on any atom is 0.264 e. The van der Waals surface area contributed by atoms with Crippen LogP contribution in [0.3, 0.4) is 0 Å². The smallest absolute Gasteiger partial charge is 0.264 e. The molecule has 3 rings (SSSR count). The topological polar surface area (TPSA) is 66.5 Å². The Morgan fingerprint density at radius 1 is 0.800 bits per heavy atom. The van der Waals surface area contributed by atoms with Gasteiger partial charge in [0, 0.05) is 0 Å². The number of benzene rings is 3. The van der Waals surface area contributed by atoms with Crippen LogP contribution in [0.4, 0.5) is 28.9 Å². The fourth-order valence-electron chi connectivity index (χ4n) is 2.58. The second kappa shape index (κ2) is 8.54. The molecule has 0 aromatic heterocycles. The summed E-state index contributed by atoms with van der Waals surface area (Å²) in [5.74, 6) is -4.45. The molecule has 1 amide bonds. The van der Waals surface area contributed by atoms with Crippen LogP contribution in [0.5, 0.6) is 0 Å². The van der Waals surface area contributed by atoms with Crippen LogP contribution in [0.15, 0.2) is 71.6 Å². The van der Waals surface area contributed by atoms with Gasteiger partial charge in [-0.05, 0) is 60.7 Å². The number of hydrogen-bond acceptors (Lipinski definition) is 3. The van der Waals surface area contributed by atoms with Gasteiger partial charge in [0.15, 0.2) is 0 Å². The molecule has 0 saturated carbocycles. The first-order chi connectivity index (χ1) is 14.2. The van der Waals surface area contributed by atoms with Crippen LogP contribution in [-0.4, -0.2) is 20.9 Å². The van der Waals surface area contributed by atoms with E-state index in [1.807, 2.05) is 5.32 Å². The van der Waals surface area contributed by atoms with Gasteiger partial charge in [-0.25, -0.2) is 26.0 Å². The first kappa shape index (κ1) is 21.3. The highest BCUT2D eigenvalue weighted by Crippen LogP contribution is 2.25. The number of sulfonamides is 1. The maximum absolute atomic E-state index is 13.8. The zero-order valence-electron chi connectivity index (χ0n) is 15.2. The first-order valence-electron chi connectivity index (χ1n) is 8.46. The molecule has 0 aliphatic heterocycles. The molecule has 0 radical (unpaired) electrons. The molecule has 156 valence electrons. The monoisotopic (exact) mass is 438 g/mol. The minimum Gasteiger partial charge on any atom is -0.320 e. The van der Waals surface area contributed by atoms with E-state index in [2.05, 4.69) is 0 Å². The number of halogens is 4. The van der Waals surface area contributed by atoms with E-state index in [9.17, 15) is 30.8 Å². The van der Waals surface area contributed by atoms with Crippen LogP contribution in [-0.2, 0) is 14.8 Å². The molecule has 3 aromatic carbocycles. The van der Waals surface area contributed by atoms with Crippen LogP contribution < -0.4 is 9.62 Å². The van der Waals surface area contributed by atoms with E-state index in [0.29, 0.717) is 4.31 Å². The summed E-state index contributed by atoms with van der Waals surface area (Å²) in [6.45, 7) is -0.876. The number of anilines is 2. The molecule has 0 fully saturated rings. The summed E-state index contributed by atoms with van der Waals surface area (Å²) < 4.78 is 80.7. The summed E-state index contributed by atoms with van der Waals surface area (Å²) in [5, 5.41) is 1.99. The molecule has 0 saturated heterocycles. The lowest BCUT2D eigenvalue weighted by molar-refractivity contribution is -0.114. The number of hydrogen-bond donors (Lipinski definition) is 1. The van der Waals surface area contributed by atoms with Crippen molar-refractivity contribution in [1.82, 2.24) is 0 Å². The second-order valence-electron chi connectivity index (χ2n) is 6.09. The van der Waals surface area contributed by atoms with Crippen LogP contribution in [0.1, 0.15) is 0 Å². The molecule has 0 unspecified atom stereocenters. The van der Waals surface area contributed by atoms with Crippen molar-refractivity contribution in [3.05, 3.63) is 90.0 Å². The van der Waals surface area contributed by atoms with Gasteiger partial charge in [-0.1, -0.05) is 6.07 Å². The fraction of sp³-hybridized carbons (Fsp3) is 0.0500. The van der Waals surface area contributed by atoms with E-state index in [4.69, 9.17) is 0 Å².